The molecule has 1 saturated carbocycles. The van der Waals surface area contributed by atoms with Gasteiger partial charge < -0.3 is 14.4 Å². The molecule has 3 heterocycles. The Kier molecular flexibility index (Phi) is 5.78. The molecular formula is C20H28N4O4S. The van der Waals surface area contributed by atoms with Crippen LogP contribution in [0.1, 0.15) is 32.6 Å². The van der Waals surface area contributed by atoms with Crippen molar-refractivity contribution in [3.63, 3.8) is 0 Å². The van der Waals surface area contributed by atoms with Crippen molar-refractivity contribution in [3.8, 4) is 5.88 Å². The topological polar surface area (TPSA) is 93.7 Å². The summed E-state index contributed by atoms with van der Waals surface area (Å²) >= 11 is 0. The van der Waals surface area contributed by atoms with Gasteiger partial charge in [-0.25, -0.2) is 8.42 Å². The van der Waals surface area contributed by atoms with Crippen molar-refractivity contribution in [2.24, 2.45) is 5.92 Å². The summed E-state index contributed by atoms with van der Waals surface area (Å²) in [6, 6.07) is 3.68. The molecule has 1 aliphatic heterocycles. The van der Waals surface area contributed by atoms with Gasteiger partial charge in [0.15, 0.2) is 0 Å². The fraction of sp³-hybridized carbons (Fsp3) is 0.600. The van der Waals surface area contributed by atoms with E-state index in [1.54, 1.807) is 6.07 Å². The first-order chi connectivity index (χ1) is 13.9. The Labute approximate surface area is 171 Å². The highest BCUT2D eigenvalue weighted by Gasteiger charge is 2.23. The summed E-state index contributed by atoms with van der Waals surface area (Å²) in [5.41, 5.74) is 1.14. The van der Waals surface area contributed by atoms with Gasteiger partial charge in [-0.15, -0.1) is 0 Å². The SMILES string of the molecule is CC1CCC(Oc2nc(N3CCOCC3)cc3ncc(NS(C)(=O)=O)cc23)CC1. The lowest BCUT2D eigenvalue weighted by Crippen LogP contribution is -2.36. The van der Waals surface area contributed by atoms with Gasteiger partial charge in [-0.1, -0.05) is 6.92 Å². The smallest absolute Gasteiger partial charge is 0.229 e. The van der Waals surface area contributed by atoms with Crippen LogP contribution in [0.5, 0.6) is 5.88 Å². The molecule has 29 heavy (non-hydrogen) atoms. The summed E-state index contributed by atoms with van der Waals surface area (Å²) in [7, 11) is -3.39. The number of nitrogens with one attached hydrogen (secondary N) is 1. The molecule has 0 aromatic carbocycles. The molecule has 2 aromatic rings. The van der Waals surface area contributed by atoms with Gasteiger partial charge in [-0.3, -0.25) is 9.71 Å². The molecule has 0 bridgehead atoms. The van der Waals surface area contributed by atoms with Crippen molar-refractivity contribution in [2.75, 3.05) is 42.2 Å². The van der Waals surface area contributed by atoms with Crippen molar-refractivity contribution < 1.29 is 17.9 Å². The van der Waals surface area contributed by atoms with E-state index >= 15 is 0 Å². The molecule has 1 N–H and O–H groups in total. The molecule has 0 amide bonds. The normalized spacial score (nSPS) is 23.2. The van der Waals surface area contributed by atoms with Gasteiger partial charge in [-0.2, -0.15) is 4.98 Å². The second-order valence-electron chi connectivity index (χ2n) is 8.05. The third kappa shape index (κ3) is 5.08. The number of ether oxygens (including phenoxy) is 2. The zero-order valence-corrected chi connectivity index (χ0v) is 17.7. The molecule has 8 nitrogen and oxygen atoms in total. The van der Waals surface area contributed by atoms with Gasteiger partial charge in [-0.05, 0) is 37.7 Å². The number of nitrogens with zero attached hydrogens (tertiary/aromatic N) is 3. The summed E-state index contributed by atoms with van der Waals surface area (Å²) < 4.78 is 37.5. The summed E-state index contributed by atoms with van der Waals surface area (Å²) in [4.78, 5) is 11.5. The third-order valence-corrected chi connectivity index (χ3v) is 6.12. The molecule has 4 rings (SSSR count). The monoisotopic (exact) mass is 420 g/mol. The van der Waals surface area contributed by atoms with E-state index in [1.807, 2.05) is 6.07 Å². The van der Waals surface area contributed by atoms with E-state index < -0.39 is 10.0 Å². The summed E-state index contributed by atoms with van der Waals surface area (Å²) in [6.45, 7) is 5.15. The lowest BCUT2D eigenvalue weighted by molar-refractivity contribution is 0.121. The van der Waals surface area contributed by atoms with Crippen molar-refractivity contribution in [2.45, 2.75) is 38.7 Å². The Morgan fingerprint density at radius 3 is 2.59 bits per heavy atom. The molecule has 0 spiro atoms. The first-order valence-electron chi connectivity index (χ1n) is 10.2. The number of fused-ring (bicyclic) bond motifs is 1. The molecule has 0 atom stereocenters. The van der Waals surface area contributed by atoms with Crippen LogP contribution in [-0.4, -0.2) is 57.0 Å². The maximum atomic E-state index is 11.6. The van der Waals surface area contributed by atoms with Crippen LogP contribution in [0.4, 0.5) is 11.5 Å². The van der Waals surface area contributed by atoms with E-state index in [9.17, 15) is 8.42 Å². The van der Waals surface area contributed by atoms with Gasteiger partial charge in [0.2, 0.25) is 15.9 Å². The van der Waals surface area contributed by atoms with Crippen molar-refractivity contribution >= 4 is 32.4 Å². The Balaban J connectivity index is 1.71. The number of hydrogen-bond donors (Lipinski definition) is 1. The molecule has 0 radical (unpaired) electrons. The van der Waals surface area contributed by atoms with Crippen LogP contribution in [0.15, 0.2) is 18.3 Å². The van der Waals surface area contributed by atoms with Crippen LogP contribution < -0.4 is 14.4 Å². The average Bonchev–Trinajstić information content (AvgIpc) is 2.69. The van der Waals surface area contributed by atoms with Gasteiger partial charge in [0, 0.05) is 19.2 Å². The molecule has 1 aliphatic carbocycles. The fourth-order valence-corrected chi connectivity index (χ4v) is 4.44. The second kappa shape index (κ2) is 8.31. The van der Waals surface area contributed by atoms with E-state index in [0.29, 0.717) is 30.2 Å². The van der Waals surface area contributed by atoms with Crippen LogP contribution in [0, 0.1) is 5.92 Å². The predicted molar refractivity (Wildman–Crippen MR) is 113 cm³/mol. The van der Waals surface area contributed by atoms with Gasteiger partial charge >= 0.3 is 0 Å². The number of morpholine rings is 1. The summed E-state index contributed by atoms with van der Waals surface area (Å²) in [5, 5.41) is 0.717. The number of rotatable bonds is 5. The minimum absolute atomic E-state index is 0.119. The minimum Gasteiger partial charge on any atom is -0.474 e. The van der Waals surface area contributed by atoms with Crippen LogP contribution in [0.2, 0.25) is 0 Å². The Morgan fingerprint density at radius 1 is 1.17 bits per heavy atom. The first kappa shape index (κ1) is 20.2. The predicted octanol–water partition coefficient (Wildman–Crippen LogP) is 2.80. The van der Waals surface area contributed by atoms with Crippen LogP contribution in [0.3, 0.4) is 0 Å². The van der Waals surface area contributed by atoms with Gasteiger partial charge in [0.05, 0.1) is 42.3 Å². The largest absolute Gasteiger partial charge is 0.474 e. The highest BCUT2D eigenvalue weighted by Crippen LogP contribution is 2.33. The molecule has 2 aliphatic rings. The number of sulfonamides is 1. The summed E-state index contributed by atoms with van der Waals surface area (Å²) in [6.07, 6.45) is 7.06. The zero-order chi connectivity index (χ0) is 20.4. The first-order valence-corrected chi connectivity index (χ1v) is 12.0. The second-order valence-corrected chi connectivity index (χ2v) is 9.80. The Hall–Kier alpha value is -2.13. The molecule has 0 unspecified atom stereocenters. The fourth-order valence-electron chi connectivity index (χ4n) is 3.90. The van der Waals surface area contributed by atoms with Gasteiger partial charge in [0.1, 0.15) is 11.9 Å². The standard InChI is InChI=1S/C20H28N4O4S/c1-14-3-5-16(6-4-14)28-20-17-11-15(23-29(2,25)26)13-21-18(17)12-19(22-20)24-7-9-27-10-8-24/h11-14,16,23H,3-10H2,1-2H3. The highest BCUT2D eigenvalue weighted by atomic mass is 32.2. The van der Waals surface area contributed by atoms with E-state index in [1.165, 1.54) is 6.20 Å². The van der Waals surface area contributed by atoms with E-state index in [4.69, 9.17) is 14.5 Å². The number of hydrogen-bond acceptors (Lipinski definition) is 7. The molecule has 158 valence electrons. The van der Waals surface area contributed by atoms with Crippen LogP contribution in [0.25, 0.3) is 10.9 Å². The molecule has 9 heteroatoms. The third-order valence-electron chi connectivity index (χ3n) is 5.51. The molecule has 1 saturated heterocycles. The van der Waals surface area contributed by atoms with E-state index in [-0.39, 0.29) is 6.10 Å². The van der Waals surface area contributed by atoms with E-state index in [0.717, 1.165) is 62.3 Å². The van der Waals surface area contributed by atoms with Crippen LogP contribution >= 0.6 is 0 Å². The molecule has 2 fully saturated rings. The minimum atomic E-state index is -3.39. The Morgan fingerprint density at radius 2 is 1.90 bits per heavy atom. The number of pyridine rings is 2. The number of aromatic nitrogens is 2. The van der Waals surface area contributed by atoms with Crippen molar-refractivity contribution in [1.29, 1.82) is 0 Å². The average molecular weight is 421 g/mol. The van der Waals surface area contributed by atoms with Crippen molar-refractivity contribution in [1.82, 2.24) is 9.97 Å². The maximum absolute atomic E-state index is 11.6. The molecule has 2 aromatic heterocycles. The lowest BCUT2D eigenvalue weighted by atomic mass is 9.89. The van der Waals surface area contributed by atoms with Gasteiger partial charge in [0.25, 0.3) is 0 Å². The Bertz CT molecular complexity index is 968. The number of anilines is 2. The van der Waals surface area contributed by atoms with Crippen LogP contribution in [-0.2, 0) is 14.8 Å². The van der Waals surface area contributed by atoms with E-state index in [2.05, 4.69) is 21.5 Å². The highest BCUT2D eigenvalue weighted by molar-refractivity contribution is 7.92. The summed E-state index contributed by atoms with van der Waals surface area (Å²) in [5.74, 6) is 2.07. The molecular weight excluding hydrogens is 392 g/mol. The quantitative estimate of drug-likeness (QED) is 0.795. The maximum Gasteiger partial charge on any atom is 0.229 e. The lowest BCUT2D eigenvalue weighted by Gasteiger charge is -2.30. The van der Waals surface area contributed by atoms with Crippen molar-refractivity contribution in [3.05, 3.63) is 18.3 Å². The zero-order valence-electron chi connectivity index (χ0n) is 16.9.